The van der Waals surface area contributed by atoms with Crippen LogP contribution in [-0.4, -0.2) is 47.0 Å². The third-order valence-electron chi connectivity index (χ3n) is 2.90. The Labute approximate surface area is 118 Å². The quantitative estimate of drug-likeness (QED) is 0.448. The van der Waals surface area contributed by atoms with Crippen molar-refractivity contribution in [2.45, 2.75) is 24.3 Å². The van der Waals surface area contributed by atoms with Crippen LogP contribution in [0, 0.1) is 10.1 Å². The monoisotopic (exact) mass is 322 g/mol. The van der Waals surface area contributed by atoms with Crippen LogP contribution < -0.4 is 0 Å². The Morgan fingerprint density at radius 3 is 2.50 bits per heavy atom. The number of rotatable bonds is 4. The van der Waals surface area contributed by atoms with Crippen molar-refractivity contribution in [1.82, 2.24) is 14.7 Å². The zero-order valence-electron chi connectivity index (χ0n) is 10.2. The van der Waals surface area contributed by atoms with Crippen LogP contribution in [0.15, 0.2) is 11.1 Å². The third-order valence-corrected chi connectivity index (χ3v) is 4.21. The summed E-state index contributed by atoms with van der Waals surface area (Å²) in [4.78, 5) is 22.5. The SMILES string of the molecule is O=C(Cn1cc(S(=O)(=O)Cl)c([N+](=O)[O-])n1)N1CCCC1. The summed E-state index contributed by atoms with van der Waals surface area (Å²) in [5, 5.41) is 14.2. The minimum atomic E-state index is -4.29. The number of likely N-dealkylation sites (tertiary alicyclic amines) is 1. The molecular formula is C9H11ClN4O5S. The first-order chi connectivity index (χ1) is 9.29. The molecule has 0 N–H and O–H groups in total. The lowest BCUT2D eigenvalue weighted by atomic mass is 10.4. The van der Waals surface area contributed by atoms with Crippen molar-refractivity contribution < 1.29 is 18.1 Å². The lowest BCUT2D eigenvalue weighted by Crippen LogP contribution is -2.31. The fourth-order valence-electron chi connectivity index (χ4n) is 1.98. The van der Waals surface area contributed by atoms with E-state index < -0.39 is 24.7 Å². The molecule has 11 heteroatoms. The van der Waals surface area contributed by atoms with Crippen molar-refractivity contribution >= 4 is 31.5 Å². The molecule has 1 aliphatic heterocycles. The summed E-state index contributed by atoms with van der Waals surface area (Å²) in [6, 6.07) is 0. The van der Waals surface area contributed by atoms with E-state index in [4.69, 9.17) is 10.7 Å². The largest absolute Gasteiger partial charge is 0.410 e. The molecule has 1 aliphatic rings. The van der Waals surface area contributed by atoms with Gasteiger partial charge in [-0.15, -0.1) is 0 Å². The molecule has 2 heterocycles. The van der Waals surface area contributed by atoms with E-state index in [1.54, 1.807) is 4.90 Å². The van der Waals surface area contributed by atoms with Gasteiger partial charge in [0.2, 0.25) is 10.8 Å². The molecule has 0 unspecified atom stereocenters. The molecule has 0 bridgehead atoms. The predicted molar refractivity (Wildman–Crippen MR) is 67.7 cm³/mol. The molecule has 0 aliphatic carbocycles. The number of nitrogens with zero attached hydrogens (tertiary/aromatic N) is 4. The maximum absolute atomic E-state index is 11.9. The standard InChI is InChI=1S/C9H11ClN4O5S/c10-20(18,19)7-5-13(11-9(7)14(16)17)6-8(15)12-3-1-2-4-12/h5H,1-4,6H2. The molecule has 0 atom stereocenters. The molecule has 0 saturated carbocycles. The molecule has 1 aromatic rings. The van der Waals surface area contributed by atoms with E-state index in [1.807, 2.05) is 0 Å². The second-order valence-electron chi connectivity index (χ2n) is 4.30. The second-order valence-corrected chi connectivity index (χ2v) is 6.83. The van der Waals surface area contributed by atoms with Gasteiger partial charge in [0.05, 0.1) is 11.3 Å². The summed E-state index contributed by atoms with van der Waals surface area (Å²) in [7, 11) is 0.814. The van der Waals surface area contributed by atoms with Crippen molar-refractivity contribution in [3.05, 3.63) is 16.3 Å². The van der Waals surface area contributed by atoms with Gasteiger partial charge in [0.1, 0.15) is 6.54 Å². The number of aromatic nitrogens is 2. The van der Waals surface area contributed by atoms with E-state index in [-0.39, 0.29) is 12.5 Å². The van der Waals surface area contributed by atoms with E-state index in [9.17, 15) is 23.3 Å². The van der Waals surface area contributed by atoms with Crippen molar-refractivity contribution in [2.24, 2.45) is 0 Å². The van der Waals surface area contributed by atoms with Crippen LogP contribution in [0.2, 0.25) is 0 Å². The van der Waals surface area contributed by atoms with Gasteiger partial charge < -0.3 is 15.0 Å². The molecule has 1 saturated heterocycles. The fraction of sp³-hybridized carbons (Fsp3) is 0.556. The van der Waals surface area contributed by atoms with Crippen LogP contribution in [0.25, 0.3) is 0 Å². The van der Waals surface area contributed by atoms with E-state index in [0.29, 0.717) is 13.1 Å². The zero-order chi connectivity index (χ0) is 14.9. The molecule has 1 fully saturated rings. The van der Waals surface area contributed by atoms with E-state index in [1.165, 1.54) is 0 Å². The Bertz CT molecular complexity index is 649. The van der Waals surface area contributed by atoms with E-state index in [0.717, 1.165) is 23.7 Å². The van der Waals surface area contributed by atoms with Crippen molar-refractivity contribution in [1.29, 1.82) is 0 Å². The zero-order valence-corrected chi connectivity index (χ0v) is 11.8. The maximum atomic E-state index is 11.9. The molecule has 9 nitrogen and oxygen atoms in total. The highest BCUT2D eigenvalue weighted by molar-refractivity contribution is 8.13. The van der Waals surface area contributed by atoms with Crippen LogP contribution in [0.4, 0.5) is 5.82 Å². The first kappa shape index (κ1) is 14.7. The average Bonchev–Trinajstić information content (AvgIpc) is 2.96. The van der Waals surface area contributed by atoms with Gasteiger partial charge >= 0.3 is 5.82 Å². The van der Waals surface area contributed by atoms with Gasteiger partial charge in [-0.2, -0.15) is 4.68 Å². The minimum Gasteiger partial charge on any atom is -0.358 e. The number of carbonyl (C=O) groups excluding carboxylic acids is 1. The lowest BCUT2D eigenvalue weighted by Gasteiger charge is -2.13. The van der Waals surface area contributed by atoms with Gasteiger partial charge in [-0.05, 0) is 17.8 Å². The molecular weight excluding hydrogens is 312 g/mol. The summed E-state index contributed by atoms with van der Waals surface area (Å²) >= 11 is 0. The predicted octanol–water partition coefficient (Wildman–Crippen LogP) is 0.341. The highest BCUT2D eigenvalue weighted by Gasteiger charge is 2.31. The molecule has 1 amide bonds. The average molecular weight is 323 g/mol. The first-order valence-corrected chi connectivity index (χ1v) is 8.04. The van der Waals surface area contributed by atoms with Gasteiger partial charge in [-0.3, -0.25) is 4.79 Å². The Hall–Kier alpha value is -1.68. The molecule has 0 aromatic carbocycles. The van der Waals surface area contributed by atoms with E-state index >= 15 is 0 Å². The topological polar surface area (TPSA) is 115 Å². The first-order valence-electron chi connectivity index (χ1n) is 5.73. The lowest BCUT2D eigenvalue weighted by molar-refractivity contribution is -0.392. The molecule has 0 radical (unpaired) electrons. The summed E-state index contributed by atoms with van der Waals surface area (Å²) in [5.41, 5.74) is 0. The Morgan fingerprint density at radius 1 is 1.45 bits per heavy atom. The van der Waals surface area contributed by atoms with Crippen LogP contribution in [0.1, 0.15) is 12.8 Å². The maximum Gasteiger partial charge on any atom is 0.410 e. The Balaban J connectivity index is 2.25. The Morgan fingerprint density at radius 2 is 2.05 bits per heavy atom. The summed E-state index contributed by atoms with van der Waals surface area (Å²) in [6.07, 6.45) is 2.72. The van der Waals surface area contributed by atoms with Gasteiger partial charge in [-0.1, -0.05) is 0 Å². The molecule has 2 rings (SSSR count). The van der Waals surface area contributed by atoms with Gasteiger partial charge in [0, 0.05) is 23.8 Å². The van der Waals surface area contributed by atoms with Crippen LogP contribution in [-0.2, 0) is 20.4 Å². The molecule has 0 spiro atoms. The molecule has 1 aromatic heterocycles. The molecule has 110 valence electrons. The Kier molecular flexibility index (Phi) is 3.95. The second kappa shape index (κ2) is 5.37. The van der Waals surface area contributed by atoms with Crippen LogP contribution in [0.3, 0.4) is 0 Å². The summed E-state index contributed by atoms with van der Waals surface area (Å²) < 4.78 is 23.4. The number of amides is 1. The summed E-state index contributed by atoms with van der Waals surface area (Å²) in [5.74, 6) is -1.15. The van der Waals surface area contributed by atoms with Crippen molar-refractivity contribution in [3.63, 3.8) is 0 Å². The highest BCUT2D eigenvalue weighted by atomic mass is 35.7. The number of hydrogen-bond acceptors (Lipinski definition) is 6. The smallest absolute Gasteiger partial charge is 0.358 e. The molecule has 20 heavy (non-hydrogen) atoms. The number of hydrogen-bond donors (Lipinski definition) is 0. The normalized spacial score (nSPS) is 15.6. The number of halogens is 1. The van der Waals surface area contributed by atoms with Gasteiger partial charge in [0.25, 0.3) is 9.05 Å². The number of nitro groups is 1. The fourth-order valence-corrected chi connectivity index (χ4v) is 2.89. The minimum absolute atomic E-state index is 0.257. The highest BCUT2D eigenvalue weighted by Crippen LogP contribution is 2.25. The van der Waals surface area contributed by atoms with Crippen molar-refractivity contribution in [3.8, 4) is 0 Å². The van der Waals surface area contributed by atoms with Crippen LogP contribution >= 0.6 is 10.7 Å². The van der Waals surface area contributed by atoms with Crippen molar-refractivity contribution in [2.75, 3.05) is 13.1 Å². The van der Waals surface area contributed by atoms with Gasteiger partial charge in [-0.25, -0.2) is 8.42 Å². The van der Waals surface area contributed by atoms with Gasteiger partial charge in [0.15, 0.2) is 0 Å². The van der Waals surface area contributed by atoms with E-state index in [2.05, 4.69) is 5.10 Å². The van der Waals surface area contributed by atoms with Crippen LogP contribution in [0.5, 0.6) is 0 Å². The summed E-state index contributed by atoms with van der Waals surface area (Å²) in [6.45, 7) is 0.999. The number of carbonyl (C=O) groups is 1. The third kappa shape index (κ3) is 3.07.